The molecule has 0 aliphatic rings. The molecule has 4 nitrogen and oxygen atoms in total. The lowest BCUT2D eigenvalue weighted by Crippen LogP contribution is -2.03. The number of phenols is 1. The van der Waals surface area contributed by atoms with E-state index < -0.39 is 5.97 Å². The van der Waals surface area contributed by atoms with Crippen LogP contribution < -0.4 is 5.32 Å². The molecular formula is C15H15NO3. The third-order valence-corrected chi connectivity index (χ3v) is 2.89. The first kappa shape index (κ1) is 13.0. The molecule has 0 aliphatic heterocycles. The normalized spacial score (nSPS) is 10.2. The number of phenolic OH excluding ortho intramolecular Hbond substituents is 1. The third kappa shape index (κ3) is 3.25. The molecule has 98 valence electrons. The van der Waals surface area contributed by atoms with Gasteiger partial charge in [0.05, 0.1) is 5.56 Å². The summed E-state index contributed by atoms with van der Waals surface area (Å²) in [7, 11) is 0. The highest BCUT2D eigenvalue weighted by atomic mass is 16.4. The first-order chi connectivity index (χ1) is 9.06. The number of aromatic carboxylic acids is 1. The molecule has 0 heterocycles. The predicted octanol–water partition coefficient (Wildman–Crippen LogP) is 3.01. The Kier molecular flexibility index (Phi) is 3.71. The van der Waals surface area contributed by atoms with Crippen molar-refractivity contribution in [1.29, 1.82) is 0 Å². The average Bonchev–Trinajstić information content (AvgIpc) is 2.39. The molecule has 0 spiro atoms. The van der Waals surface area contributed by atoms with Crippen molar-refractivity contribution in [2.45, 2.75) is 13.5 Å². The third-order valence-electron chi connectivity index (χ3n) is 2.89. The van der Waals surface area contributed by atoms with E-state index in [1.807, 2.05) is 19.1 Å². The number of aryl methyl sites for hydroxylation is 1. The summed E-state index contributed by atoms with van der Waals surface area (Å²) in [5.41, 5.74) is 3.11. The minimum atomic E-state index is -0.923. The van der Waals surface area contributed by atoms with E-state index in [0.29, 0.717) is 6.54 Å². The monoisotopic (exact) mass is 257 g/mol. The number of carbonyl (C=O) groups is 1. The van der Waals surface area contributed by atoms with E-state index in [0.717, 1.165) is 16.8 Å². The molecule has 0 unspecified atom stereocenters. The summed E-state index contributed by atoms with van der Waals surface area (Å²) in [6.07, 6.45) is 0. The van der Waals surface area contributed by atoms with Gasteiger partial charge in [-0.05, 0) is 48.4 Å². The molecule has 0 saturated heterocycles. The Balaban J connectivity index is 2.07. The van der Waals surface area contributed by atoms with Crippen molar-refractivity contribution in [1.82, 2.24) is 0 Å². The first-order valence-electron chi connectivity index (χ1n) is 5.92. The van der Waals surface area contributed by atoms with Gasteiger partial charge in [0.15, 0.2) is 0 Å². The molecule has 0 aliphatic carbocycles. The van der Waals surface area contributed by atoms with Crippen molar-refractivity contribution in [3.8, 4) is 5.75 Å². The molecule has 0 atom stereocenters. The van der Waals surface area contributed by atoms with E-state index in [1.54, 1.807) is 30.3 Å². The van der Waals surface area contributed by atoms with E-state index in [-0.39, 0.29) is 11.3 Å². The Bertz CT molecular complexity index is 591. The average molecular weight is 257 g/mol. The molecule has 2 aromatic rings. The maximum absolute atomic E-state index is 10.8. The van der Waals surface area contributed by atoms with Crippen molar-refractivity contribution in [3.63, 3.8) is 0 Å². The van der Waals surface area contributed by atoms with E-state index in [4.69, 9.17) is 5.11 Å². The van der Waals surface area contributed by atoms with Crippen LogP contribution in [0.5, 0.6) is 5.75 Å². The van der Waals surface area contributed by atoms with Crippen LogP contribution in [0.25, 0.3) is 0 Å². The lowest BCUT2D eigenvalue weighted by molar-refractivity contribution is 0.0697. The van der Waals surface area contributed by atoms with Crippen LogP contribution in [0.2, 0.25) is 0 Å². The van der Waals surface area contributed by atoms with E-state index in [2.05, 4.69) is 5.32 Å². The molecule has 0 amide bonds. The molecule has 0 aromatic heterocycles. The largest absolute Gasteiger partial charge is 0.508 e. The smallest absolute Gasteiger partial charge is 0.335 e. The number of carboxylic acids is 1. The second kappa shape index (κ2) is 5.44. The molecule has 4 heteroatoms. The van der Waals surface area contributed by atoms with Crippen LogP contribution in [-0.4, -0.2) is 16.2 Å². The van der Waals surface area contributed by atoms with Gasteiger partial charge in [0, 0.05) is 12.2 Å². The molecule has 19 heavy (non-hydrogen) atoms. The Morgan fingerprint density at radius 3 is 2.42 bits per heavy atom. The van der Waals surface area contributed by atoms with Gasteiger partial charge in [0.1, 0.15) is 5.75 Å². The van der Waals surface area contributed by atoms with Crippen molar-refractivity contribution in [2.24, 2.45) is 0 Å². The maximum atomic E-state index is 10.8. The molecule has 2 rings (SSSR count). The second-order valence-corrected chi connectivity index (χ2v) is 4.35. The zero-order valence-electron chi connectivity index (χ0n) is 10.6. The number of aromatic hydroxyl groups is 1. The van der Waals surface area contributed by atoms with Crippen LogP contribution in [0.15, 0.2) is 42.5 Å². The van der Waals surface area contributed by atoms with E-state index in [9.17, 15) is 9.90 Å². The summed E-state index contributed by atoms with van der Waals surface area (Å²) in [6.45, 7) is 2.49. The fourth-order valence-electron chi connectivity index (χ4n) is 1.81. The van der Waals surface area contributed by atoms with Gasteiger partial charge >= 0.3 is 5.97 Å². The molecule has 2 aromatic carbocycles. The zero-order chi connectivity index (χ0) is 13.8. The summed E-state index contributed by atoms with van der Waals surface area (Å²) in [6, 6.07) is 11.9. The van der Waals surface area contributed by atoms with Gasteiger partial charge in [-0.15, -0.1) is 0 Å². The summed E-state index contributed by atoms with van der Waals surface area (Å²) in [5, 5.41) is 21.3. The van der Waals surface area contributed by atoms with Crippen LogP contribution in [0.1, 0.15) is 21.5 Å². The number of hydrogen-bond donors (Lipinski definition) is 3. The fraction of sp³-hybridized carbons (Fsp3) is 0.133. The predicted molar refractivity (Wildman–Crippen MR) is 73.6 cm³/mol. The number of anilines is 1. The minimum absolute atomic E-state index is 0.241. The van der Waals surface area contributed by atoms with E-state index >= 15 is 0 Å². The number of benzene rings is 2. The maximum Gasteiger partial charge on any atom is 0.335 e. The van der Waals surface area contributed by atoms with Crippen molar-refractivity contribution >= 4 is 11.7 Å². The number of nitrogens with one attached hydrogen (secondary N) is 1. The number of carboxylic acid groups (broad SMARTS) is 1. The molecule has 0 fully saturated rings. The summed E-state index contributed by atoms with van der Waals surface area (Å²) >= 11 is 0. The van der Waals surface area contributed by atoms with Crippen LogP contribution in [0.4, 0.5) is 5.69 Å². The Morgan fingerprint density at radius 1 is 1.16 bits per heavy atom. The van der Waals surface area contributed by atoms with Crippen molar-refractivity contribution < 1.29 is 15.0 Å². The first-order valence-corrected chi connectivity index (χ1v) is 5.92. The molecule has 0 radical (unpaired) electrons. The highest BCUT2D eigenvalue weighted by Gasteiger charge is 2.05. The van der Waals surface area contributed by atoms with Crippen LogP contribution in [-0.2, 0) is 6.54 Å². The zero-order valence-corrected chi connectivity index (χ0v) is 10.6. The van der Waals surface area contributed by atoms with Crippen molar-refractivity contribution in [2.75, 3.05) is 5.32 Å². The summed E-state index contributed by atoms with van der Waals surface area (Å²) in [5.74, 6) is -0.682. The SMILES string of the molecule is Cc1cc(C(=O)O)ccc1NCc1ccc(O)cc1. The highest BCUT2D eigenvalue weighted by Crippen LogP contribution is 2.18. The van der Waals surface area contributed by atoms with Crippen LogP contribution in [0, 0.1) is 6.92 Å². The Hall–Kier alpha value is -2.49. The van der Waals surface area contributed by atoms with Gasteiger partial charge in [-0.3, -0.25) is 0 Å². The summed E-state index contributed by atoms with van der Waals surface area (Å²) < 4.78 is 0. The number of rotatable bonds is 4. The molecule has 0 bridgehead atoms. The van der Waals surface area contributed by atoms with E-state index in [1.165, 1.54) is 0 Å². The Morgan fingerprint density at radius 2 is 1.84 bits per heavy atom. The van der Waals surface area contributed by atoms with Crippen LogP contribution >= 0.6 is 0 Å². The van der Waals surface area contributed by atoms with Crippen LogP contribution in [0.3, 0.4) is 0 Å². The quantitative estimate of drug-likeness (QED) is 0.787. The van der Waals surface area contributed by atoms with Gasteiger partial charge in [-0.2, -0.15) is 0 Å². The van der Waals surface area contributed by atoms with Gasteiger partial charge in [0.25, 0.3) is 0 Å². The van der Waals surface area contributed by atoms with Gasteiger partial charge in [-0.1, -0.05) is 12.1 Å². The molecule has 3 N–H and O–H groups in total. The highest BCUT2D eigenvalue weighted by molar-refractivity contribution is 5.88. The minimum Gasteiger partial charge on any atom is -0.508 e. The van der Waals surface area contributed by atoms with Gasteiger partial charge < -0.3 is 15.5 Å². The standard InChI is InChI=1S/C15H15NO3/c1-10-8-12(15(18)19)4-7-14(10)16-9-11-2-5-13(17)6-3-11/h2-8,16-17H,9H2,1H3,(H,18,19). The second-order valence-electron chi connectivity index (χ2n) is 4.35. The molecule has 0 saturated carbocycles. The van der Waals surface area contributed by atoms with Gasteiger partial charge in [-0.25, -0.2) is 4.79 Å². The lowest BCUT2D eigenvalue weighted by Gasteiger charge is -2.10. The lowest BCUT2D eigenvalue weighted by atomic mass is 10.1. The van der Waals surface area contributed by atoms with Gasteiger partial charge in [0.2, 0.25) is 0 Å². The van der Waals surface area contributed by atoms with Crippen molar-refractivity contribution in [3.05, 3.63) is 59.2 Å². The Labute approximate surface area is 111 Å². The number of hydrogen-bond acceptors (Lipinski definition) is 3. The topological polar surface area (TPSA) is 69.6 Å². The fourth-order valence-corrected chi connectivity index (χ4v) is 1.81. The molecular weight excluding hydrogens is 242 g/mol. The summed E-state index contributed by atoms with van der Waals surface area (Å²) in [4.78, 5) is 10.8.